The van der Waals surface area contributed by atoms with E-state index in [4.69, 9.17) is 5.11 Å². The number of aryl methyl sites for hydroxylation is 1. The van der Waals surface area contributed by atoms with Crippen molar-refractivity contribution in [1.29, 1.82) is 0 Å². The minimum Gasteiger partial charge on any atom is -0.481 e. The molecule has 6 heteroatoms. The largest absolute Gasteiger partial charge is 0.481 e. The number of hydrogen-bond donors (Lipinski definition) is 2. The lowest BCUT2D eigenvalue weighted by atomic mass is 10.0. The Morgan fingerprint density at radius 3 is 2.88 bits per heavy atom. The maximum Gasteiger partial charge on any atom is 0.303 e. The molecule has 1 aromatic heterocycles. The van der Waals surface area contributed by atoms with Gasteiger partial charge in [0.25, 0.3) is 0 Å². The molecule has 1 aromatic rings. The van der Waals surface area contributed by atoms with Crippen LogP contribution in [0.5, 0.6) is 0 Å². The molecule has 0 radical (unpaired) electrons. The number of nitrogens with zero attached hydrogens (tertiary/aromatic N) is 2. The topological polar surface area (TPSA) is 75.1 Å². The van der Waals surface area contributed by atoms with Crippen LogP contribution in [0.1, 0.15) is 38.9 Å². The number of carboxylic acid groups (broad SMARTS) is 1. The molecule has 1 atom stereocenters. The predicted molar refractivity (Wildman–Crippen MR) is 68.4 cm³/mol. The van der Waals surface area contributed by atoms with Crippen LogP contribution in [-0.4, -0.2) is 27.0 Å². The maximum atomic E-state index is 10.6. The van der Waals surface area contributed by atoms with Crippen molar-refractivity contribution in [3.05, 3.63) is 5.82 Å². The molecule has 0 aromatic carbocycles. The summed E-state index contributed by atoms with van der Waals surface area (Å²) in [6, 6.07) is 0. The highest BCUT2D eigenvalue weighted by Gasteiger charge is 2.12. The molecule has 1 heterocycles. The standard InChI is InChI=1S/C11H19N3O2S/c1-3-5-9-13-11(17-14-9)12-7-8(4-2)6-10(15)16/h8H,3-7H2,1-2H3,(H,15,16)(H,12,13,14). The van der Waals surface area contributed by atoms with Crippen LogP contribution < -0.4 is 5.32 Å². The second-order valence-corrected chi connectivity index (χ2v) is 4.77. The van der Waals surface area contributed by atoms with Gasteiger partial charge in [0, 0.05) is 30.9 Å². The molecule has 1 rings (SSSR count). The third kappa shape index (κ3) is 5.12. The van der Waals surface area contributed by atoms with Gasteiger partial charge in [-0.2, -0.15) is 4.37 Å². The Labute approximate surface area is 105 Å². The van der Waals surface area contributed by atoms with Crippen molar-refractivity contribution in [2.75, 3.05) is 11.9 Å². The van der Waals surface area contributed by atoms with E-state index in [1.54, 1.807) is 0 Å². The highest BCUT2D eigenvalue weighted by molar-refractivity contribution is 7.09. The molecular weight excluding hydrogens is 238 g/mol. The summed E-state index contributed by atoms with van der Waals surface area (Å²) >= 11 is 1.34. The molecule has 17 heavy (non-hydrogen) atoms. The number of anilines is 1. The van der Waals surface area contributed by atoms with Crippen molar-refractivity contribution in [2.45, 2.75) is 39.5 Å². The summed E-state index contributed by atoms with van der Waals surface area (Å²) in [4.78, 5) is 15.0. The third-order valence-electron chi connectivity index (χ3n) is 2.52. The first-order valence-corrected chi connectivity index (χ1v) is 6.71. The maximum absolute atomic E-state index is 10.6. The average Bonchev–Trinajstić information content (AvgIpc) is 2.72. The average molecular weight is 257 g/mol. The van der Waals surface area contributed by atoms with Crippen LogP contribution in [0.3, 0.4) is 0 Å². The molecule has 1 unspecified atom stereocenters. The minimum absolute atomic E-state index is 0.144. The molecule has 0 aliphatic carbocycles. The summed E-state index contributed by atoms with van der Waals surface area (Å²) in [5.74, 6) is 0.264. The van der Waals surface area contributed by atoms with Gasteiger partial charge in [-0.25, -0.2) is 4.98 Å². The monoisotopic (exact) mass is 257 g/mol. The van der Waals surface area contributed by atoms with Crippen LogP contribution in [0.15, 0.2) is 0 Å². The number of aromatic nitrogens is 2. The molecule has 0 bridgehead atoms. The third-order valence-corrected chi connectivity index (χ3v) is 3.23. The van der Waals surface area contributed by atoms with Gasteiger partial charge >= 0.3 is 5.97 Å². The van der Waals surface area contributed by atoms with E-state index in [0.717, 1.165) is 30.2 Å². The second kappa shape index (κ2) is 7.21. The van der Waals surface area contributed by atoms with Crippen molar-refractivity contribution < 1.29 is 9.90 Å². The number of hydrogen-bond acceptors (Lipinski definition) is 5. The number of carbonyl (C=O) groups is 1. The molecule has 0 aliphatic heterocycles. The molecule has 0 amide bonds. The first-order valence-electron chi connectivity index (χ1n) is 5.93. The summed E-state index contributed by atoms with van der Waals surface area (Å²) < 4.78 is 4.22. The second-order valence-electron chi connectivity index (χ2n) is 4.02. The van der Waals surface area contributed by atoms with E-state index in [1.165, 1.54) is 11.5 Å². The van der Waals surface area contributed by atoms with Gasteiger partial charge in [-0.3, -0.25) is 4.79 Å². The summed E-state index contributed by atoms with van der Waals surface area (Å²) in [5, 5.41) is 12.7. The fourth-order valence-corrected chi connectivity index (χ4v) is 2.11. The van der Waals surface area contributed by atoms with E-state index in [9.17, 15) is 4.79 Å². The molecule has 5 nitrogen and oxygen atoms in total. The zero-order chi connectivity index (χ0) is 12.7. The SMILES string of the molecule is CCCc1nsc(NCC(CC)CC(=O)O)n1. The highest BCUT2D eigenvalue weighted by Crippen LogP contribution is 2.15. The zero-order valence-electron chi connectivity index (χ0n) is 10.3. The molecule has 0 saturated heterocycles. The van der Waals surface area contributed by atoms with E-state index < -0.39 is 5.97 Å². The van der Waals surface area contributed by atoms with E-state index in [-0.39, 0.29) is 12.3 Å². The lowest BCUT2D eigenvalue weighted by Crippen LogP contribution is -2.17. The Morgan fingerprint density at radius 2 is 2.29 bits per heavy atom. The lowest BCUT2D eigenvalue weighted by Gasteiger charge is -2.11. The van der Waals surface area contributed by atoms with Crippen LogP contribution in [-0.2, 0) is 11.2 Å². The predicted octanol–water partition coefficient (Wildman–Crippen LogP) is 2.40. The van der Waals surface area contributed by atoms with Gasteiger partial charge in [-0.15, -0.1) is 0 Å². The molecule has 0 fully saturated rings. The number of aliphatic carboxylic acids is 1. The molecule has 96 valence electrons. The first kappa shape index (κ1) is 13.9. The summed E-state index contributed by atoms with van der Waals surface area (Å²) in [5.41, 5.74) is 0. The van der Waals surface area contributed by atoms with Gasteiger partial charge in [-0.1, -0.05) is 20.3 Å². The van der Waals surface area contributed by atoms with Crippen LogP contribution in [0.25, 0.3) is 0 Å². The lowest BCUT2D eigenvalue weighted by molar-refractivity contribution is -0.138. The Hall–Kier alpha value is -1.17. The quantitative estimate of drug-likeness (QED) is 0.748. The van der Waals surface area contributed by atoms with Crippen molar-refractivity contribution in [3.63, 3.8) is 0 Å². The number of rotatable bonds is 8. The Morgan fingerprint density at radius 1 is 1.53 bits per heavy atom. The smallest absolute Gasteiger partial charge is 0.303 e. The van der Waals surface area contributed by atoms with E-state index >= 15 is 0 Å². The van der Waals surface area contributed by atoms with Crippen molar-refractivity contribution in [2.24, 2.45) is 5.92 Å². The van der Waals surface area contributed by atoms with Gasteiger partial charge in [0.05, 0.1) is 0 Å². The van der Waals surface area contributed by atoms with Gasteiger partial charge < -0.3 is 10.4 Å². The number of nitrogens with one attached hydrogen (secondary N) is 1. The molecule has 2 N–H and O–H groups in total. The van der Waals surface area contributed by atoms with Crippen LogP contribution in [0, 0.1) is 5.92 Å². The Kier molecular flexibility index (Phi) is 5.90. The van der Waals surface area contributed by atoms with E-state index in [2.05, 4.69) is 21.6 Å². The van der Waals surface area contributed by atoms with Gasteiger partial charge in [-0.05, 0) is 12.3 Å². The fraction of sp³-hybridized carbons (Fsp3) is 0.727. The first-order chi connectivity index (χ1) is 8.15. The van der Waals surface area contributed by atoms with Crippen molar-refractivity contribution >= 4 is 22.6 Å². The zero-order valence-corrected chi connectivity index (χ0v) is 11.1. The highest BCUT2D eigenvalue weighted by atomic mass is 32.1. The number of carboxylic acids is 1. The fourth-order valence-electron chi connectivity index (χ4n) is 1.49. The molecule has 0 aliphatic rings. The van der Waals surface area contributed by atoms with Gasteiger partial charge in [0.2, 0.25) is 5.13 Å². The normalized spacial score (nSPS) is 12.4. The van der Waals surface area contributed by atoms with Crippen molar-refractivity contribution in [3.8, 4) is 0 Å². The summed E-state index contributed by atoms with van der Waals surface area (Å²) in [6.45, 7) is 4.73. The van der Waals surface area contributed by atoms with Gasteiger partial charge in [0.1, 0.15) is 5.82 Å². The van der Waals surface area contributed by atoms with E-state index in [0.29, 0.717) is 6.54 Å². The van der Waals surface area contributed by atoms with Crippen molar-refractivity contribution in [1.82, 2.24) is 9.36 Å². The molecular formula is C11H19N3O2S. The minimum atomic E-state index is -0.748. The van der Waals surface area contributed by atoms with Crippen LogP contribution >= 0.6 is 11.5 Å². The molecule has 0 saturated carbocycles. The Bertz CT molecular complexity index is 354. The van der Waals surface area contributed by atoms with E-state index in [1.807, 2.05) is 6.92 Å². The molecule has 0 spiro atoms. The summed E-state index contributed by atoms with van der Waals surface area (Å²) in [6.07, 6.45) is 2.97. The van der Waals surface area contributed by atoms with Gasteiger partial charge in [0.15, 0.2) is 0 Å². The van der Waals surface area contributed by atoms with Crippen LogP contribution in [0.2, 0.25) is 0 Å². The van der Waals surface area contributed by atoms with Crippen LogP contribution in [0.4, 0.5) is 5.13 Å². The summed E-state index contributed by atoms with van der Waals surface area (Å²) in [7, 11) is 0. The Balaban J connectivity index is 2.39.